The highest BCUT2D eigenvalue weighted by Gasteiger charge is 2.43. The summed E-state index contributed by atoms with van der Waals surface area (Å²) < 4.78 is 16.6. The second-order valence-corrected chi connectivity index (χ2v) is 3.59. The Kier molecular flexibility index (Phi) is 2.35. The Morgan fingerprint density at radius 3 is 2.25 bits per heavy atom. The van der Waals surface area contributed by atoms with E-state index in [1.165, 1.54) is 0 Å². The quantitative estimate of drug-likeness (QED) is 0.646. The first-order chi connectivity index (χ1) is 5.85. The van der Waals surface area contributed by atoms with Gasteiger partial charge in [-0.25, -0.2) is 0 Å². The Balaban J connectivity index is 1.90. The van der Waals surface area contributed by atoms with Crippen molar-refractivity contribution in [3.05, 3.63) is 0 Å². The third-order valence-electron chi connectivity index (χ3n) is 2.45. The molecule has 0 saturated carbocycles. The van der Waals surface area contributed by atoms with Crippen molar-refractivity contribution in [1.29, 1.82) is 0 Å². The minimum atomic E-state index is -0.662. The van der Waals surface area contributed by atoms with E-state index in [9.17, 15) is 0 Å². The van der Waals surface area contributed by atoms with E-state index in [-0.39, 0.29) is 0 Å². The van der Waals surface area contributed by atoms with Gasteiger partial charge in [-0.2, -0.15) is 0 Å². The SMILES string of the molecule is CCCCC12OCC(CO1)CO2. The van der Waals surface area contributed by atoms with Gasteiger partial charge in [0.1, 0.15) is 0 Å². The molecule has 3 rings (SSSR count). The average molecular weight is 172 g/mol. The van der Waals surface area contributed by atoms with Gasteiger partial charge < -0.3 is 14.2 Å². The van der Waals surface area contributed by atoms with Crippen LogP contribution in [0.1, 0.15) is 26.2 Å². The summed E-state index contributed by atoms with van der Waals surface area (Å²) in [6.45, 7) is 4.59. The highest BCUT2D eigenvalue weighted by Crippen LogP contribution is 2.33. The fraction of sp³-hybridized carbons (Fsp3) is 1.00. The lowest BCUT2D eigenvalue weighted by Crippen LogP contribution is -2.53. The molecular formula is C9H16O3. The molecule has 3 nitrogen and oxygen atoms in total. The lowest BCUT2D eigenvalue weighted by molar-refractivity contribution is -0.450. The summed E-state index contributed by atoms with van der Waals surface area (Å²) in [4.78, 5) is 0. The molecule has 2 bridgehead atoms. The Bertz CT molecular complexity index is 136. The van der Waals surface area contributed by atoms with Gasteiger partial charge in [-0.3, -0.25) is 0 Å². The van der Waals surface area contributed by atoms with Crippen LogP contribution in [0.15, 0.2) is 0 Å². The molecular weight excluding hydrogens is 156 g/mol. The molecule has 0 atom stereocenters. The molecule has 3 fully saturated rings. The van der Waals surface area contributed by atoms with E-state index >= 15 is 0 Å². The molecule has 0 aliphatic carbocycles. The molecule has 3 heteroatoms. The van der Waals surface area contributed by atoms with E-state index in [2.05, 4.69) is 6.92 Å². The maximum Gasteiger partial charge on any atom is 0.282 e. The van der Waals surface area contributed by atoms with Gasteiger partial charge in [0.05, 0.1) is 19.8 Å². The fourth-order valence-corrected chi connectivity index (χ4v) is 1.61. The van der Waals surface area contributed by atoms with Crippen molar-refractivity contribution >= 4 is 0 Å². The molecule has 3 heterocycles. The maximum absolute atomic E-state index is 5.52. The van der Waals surface area contributed by atoms with Crippen LogP contribution in [0, 0.1) is 5.92 Å². The molecule has 3 aliphatic heterocycles. The fourth-order valence-electron chi connectivity index (χ4n) is 1.61. The molecule has 0 aromatic rings. The summed E-state index contributed by atoms with van der Waals surface area (Å²) in [7, 11) is 0. The maximum atomic E-state index is 5.52. The Morgan fingerprint density at radius 1 is 1.17 bits per heavy atom. The smallest absolute Gasteiger partial charge is 0.282 e. The van der Waals surface area contributed by atoms with Crippen LogP contribution in [0.5, 0.6) is 0 Å². The largest absolute Gasteiger partial charge is 0.327 e. The van der Waals surface area contributed by atoms with E-state index in [0.29, 0.717) is 5.92 Å². The second kappa shape index (κ2) is 3.32. The molecule has 0 aromatic heterocycles. The molecule has 12 heavy (non-hydrogen) atoms. The van der Waals surface area contributed by atoms with Crippen LogP contribution >= 0.6 is 0 Å². The predicted octanol–water partition coefficient (Wildman–Crippen LogP) is 1.52. The summed E-state index contributed by atoms with van der Waals surface area (Å²) in [6, 6.07) is 0. The van der Waals surface area contributed by atoms with Gasteiger partial charge in [0.25, 0.3) is 5.97 Å². The van der Waals surface area contributed by atoms with Gasteiger partial charge in [0.2, 0.25) is 0 Å². The van der Waals surface area contributed by atoms with Crippen LogP contribution in [0.2, 0.25) is 0 Å². The number of fused-ring (bicyclic) bond motifs is 3. The van der Waals surface area contributed by atoms with E-state index in [0.717, 1.165) is 39.1 Å². The van der Waals surface area contributed by atoms with Crippen molar-refractivity contribution in [1.82, 2.24) is 0 Å². The van der Waals surface area contributed by atoms with Crippen LogP contribution in [-0.2, 0) is 14.2 Å². The van der Waals surface area contributed by atoms with Crippen molar-refractivity contribution in [2.75, 3.05) is 19.8 Å². The highest BCUT2D eigenvalue weighted by atomic mass is 16.9. The van der Waals surface area contributed by atoms with Gasteiger partial charge in [0, 0.05) is 12.3 Å². The summed E-state index contributed by atoms with van der Waals surface area (Å²) in [5.41, 5.74) is 0. The lowest BCUT2D eigenvalue weighted by atomic mass is 10.1. The van der Waals surface area contributed by atoms with Crippen LogP contribution in [0.25, 0.3) is 0 Å². The van der Waals surface area contributed by atoms with E-state index in [1.807, 2.05) is 0 Å². The molecule has 0 aromatic carbocycles. The van der Waals surface area contributed by atoms with Crippen molar-refractivity contribution < 1.29 is 14.2 Å². The van der Waals surface area contributed by atoms with Crippen LogP contribution in [0.4, 0.5) is 0 Å². The summed E-state index contributed by atoms with van der Waals surface area (Å²) >= 11 is 0. The van der Waals surface area contributed by atoms with Gasteiger partial charge in [-0.05, 0) is 6.42 Å². The van der Waals surface area contributed by atoms with Gasteiger partial charge >= 0.3 is 0 Å². The zero-order valence-electron chi connectivity index (χ0n) is 7.54. The number of rotatable bonds is 3. The third kappa shape index (κ3) is 1.49. The number of ether oxygens (including phenoxy) is 3. The molecule has 0 unspecified atom stereocenters. The van der Waals surface area contributed by atoms with Crippen LogP contribution in [0.3, 0.4) is 0 Å². The normalized spacial score (nSPS) is 40.2. The summed E-state index contributed by atoms with van der Waals surface area (Å²) in [5, 5.41) is 0. The highest BCUT2D eigenvalue weighted by molar-refractivity contribution is 4.74. The molecule has 3 aliphatic rings. The van der Waals surface area contributed by atoms with Crippen molar-refractivity contribution in [2.45, 2.75) is 32.2 Å². The number of unbranched alkanes of at least 4 members (excludes halogenated alkanes) is 1. The van der Waals surface area contributed by atoms with Gasteiger partial charge in [0.15, 0.2) is 0 Å². The van der Waals surface area contributed by atoms with Crippen LogP contribution < -0.4 is 0 Å². The van der Waals surface area contributed by atoms with E-state index in [4.69, 9.17) is 14.2 Å². The standard InChI is InChI=1S/C9H16O3/c1-2-3-4-9-10-5-8(6-11-9)7-12-9/h8H,2-7H2,1H3. The topological polar surface area (TPSA) is 27.7 Å². The Labute approximate surface area is 73.0 Å². The number of hydrogen-bond acceptors (Lipinski definition) is 3. The van der Waals surface area contributed by atoms with Gasteiger partial charge in [-0.15, -0.1) is 0 Å². The Hall–Kier alpha value is -0.120. The molecule has 0 N–H and O–H groups in total. The second-order valence-electron chi connectivity index (χ2n) is 3.59. The van der Waals surface area contributed by atoms with E-state index < -0.39 is 5.97 Å². The zero-order chi connectivity index (χ0) is 8.44. The third-order valence-corrected chi connectivity index (χ3v) is 2.45. The first-order valence-electron chi connectivity index (χ1n) is 4.76. The lowest BCUT2D eigenvalue weighted by Gasteiger charge is -2.45. The first kappa shape index (κ1) is 8.48. The monoisotopic (exact) mass is 172 g/mol. The average Bonchev–Trinajstić information content (AvgIpc) is 2.18. The van der Waals surface area contributed by atoms with Crippen molar-refractivity contribution in [3.8, 4) is 0 Å². The molecule has 0 spiro atoms. The zero-order valence-corrected chi connectivity index (χ0v) is 7.54. The number of hydrogen-bond donors (Lipinski definition) is 0. The Morgan fingerprint density at radius 2 is 1.75 bits per heavy atom. The van der Waals surface area contributed by atoms with Gasteiger partial charge in [-0.1, -0.05) is 13.3 Å². The molecule has 0 amide bonds. The van der Waals surface area contributed by atoms with Crippen LogP contribution in [-0.4, -0.2) is 25.8 Å². The van der Waals surface area contributed by atoms with Crippen molar-refractivity contribution in [3.63, 3.8) is 0 Å². The predicted molar refractivity (Wildman–Crippen MR) is 43.6 cm³/mol. The molecule has 70 valence electrons. The molecule has 0 radical (unpaired) electrons. The minimum Gasteiger partial charge on any atom is -0.327 e. The minimum absolute atomic E-state index is 0.466. The summed E-state index contributed by atoms with van der Waals surface area (Å²) in [6.07, 6.45) is 3.13. The summed E-state index contributed by atoms with van der Waals surface area (Å²) in [5.74, 6) is -0.196. The first-order valence-corrected chi connectivity index (χ1v) is 4.76. The van der Waals surface area contributed by atoms with E-state index in [1.54, 1.807) is 0 Å². The molecule has 3 saturated heterocycles. The van der Waals surface area contributed by atoms with Crippen molar-refractivity contribution in [2.24, 2.45) is 5.92 Å².